The molecule has 2 heteroatoms. The van der Waals surface area contributed by atoms with Crippen molar-refractivity contribution >= 4 is 49.8 Å². The maximum Gasteiger partial charge on any atom is 0.136 e. The molecule has 0 amide bonds. The first-order valence-electron chi connectivity index (χ1n) is 19.8. The smallest absolute Gasteiger partial charge is 0.136 e. The number of rotatable bonds is 6. The fourth-order valence-electron chi connectivity index (χ4n) is 9.27. The predicted octanol–water partition coefficient (Wildman–Crippen LogP) is 15.5. The highest BCUT2D eigenvalue weighted by Gasteiger charge is 2.38. The largest absolute Gasteiger partial charge is 0.456 e. The molecule has 0 bridgehead atoms. The van der Waals surface area contributed by atoms with Gasteiger partial charge in [-0.25, -0.2) is 0 Å². The lowest BCUT2D eigenvalue weighted by Crippen LogP contribution is -2.16. The van der Waals surface area contributed by atoms with Crippen molar-refractivity contribution in [3.63, 3.8) is 0 Å². The van der Waals surface area contributed by atoms with Crippen LogP contribution in [0.15, 0.2) is 205 Å². The van der Waals surface area contributed by atoms with E-state index in [4.69, 9.17) is 4.42 Å². The second-order valence-corrected chi connectivity index (χ2v) is 15.7. The van der Waals surface area contributed by atoms with Gasteiger partial charge in [0.2, 0.25) is 0 Å². The Balaban J connectivity index is 1.13. The molecule has 1 aromatic heterocycles. The molecule has 0 saturated heterocycles. The summed E-state index contributed by atoms with van der Waals surface area (Å²) >= 11 is 0. The molecule has 0 radical (unpaired) electrons. The Morgan fingerprint density at radius 1 is 0.404 bits per heavy atom. The van der Waals surface area contributed by atoms with E-state index in [2.05, 4.69) is 219 Å². The van der Waals surface area contributed by atoms with Crippen LogP contribution in [-0.2, 0) is 5.41 Å². The van der Waals surface area contributed by atoms with Crippen molar-refractivity contribution < 1.29 is 4.42 Å². The number of hydrogen-bond acceptors (Lipinski definition) is 2. The standard InChI is InChI=1S/C55H39NO/c1-55(2)47-24-10-8-22-45(47)54-48(55)25-14-27-50(54)56(42-31-29-37(30-32-42)39-20-12-19-38(33-39)36-15-4-3-5-16-36)49-26-11-9-21-43(49)44-23-13-28-51-53(44)46-34-40-17-6-7-18-41(40)35-52(46)57-51/h3-35H,1-2H3. The van der Waals surface area contributed by atoms with E-state index in [0.717, 1.165) is 50.1 Å². The van der Waals surface area contributed by atoms with Crippen LogP contribution >= 0.6 is 0 Å². The first-order valence-corrected chi connectivity index (χ1v) is 19.8. The van der Waals surface area contributed by atoms with Crippen molar-refractivity contribution in [2.24, 2.45) is 0 Å². The van der Waals surface area contributed by atoms with E-state index in [1.165, 1.54) is 55.3 Å². The lowest BCUT2D eigenvalue weighted by Gasteiger charge is -2.30. The minimum atomic E-state index is -0.134. The van der Waals surface area contributed by atoms with Gasteiger partial charge in [0, 0.05) is 33.0 Å². The highest BCUT2D eigenvalue weighted by Crippen LogP contribution is 2.55. The minimum Gasteiger partial charge on any atom is -0.456 e. The van der Waals surface area contributed by atoms with Crippen LogP contribution in [0.2, 0.25) is 0 Å². The molecular formula is C55H39NO. The molecule has 1 aliphatic carbocycles. The molecule has 57 heavy (non-hydrogen) atoms. The first kappa shape index (κ1) is 33.2. The summed E-state index contributed by atoms with van der Waals surface area (Å²) in [7, 11) is 0. The Morgan fingerprint density at radius 2 is 0.982 bits per heavy atom. The van der Waals surface area contributed by atoms with Gasteiger partial charge >= 0.3 is 0 Å². The molecule has 0 unspecified atom stereocenters. The minimum absolute atomic E-state index is 0.134. The fraction of sp³-hybridized carbons (Fsp3) is 0.0545. The Bertz CT molecular complexity index is 3150. The Labute approximate surface area is 332 Å². The molecule has 2 nitrogen and oxygen atoms in total. The number of benzene rings is 9. The fourth-order valence-corrected chi connectivity index (χ4v) is 9.27. The summed E-state index contributed by atoms with van der Waals surface area (Å²) in [5.74, 6) is 0. The predicted molar refractivity (Wildman–Crippen MR) is 240 cm³/mol. The van der Waals surface area contributed by atoms with E-state index in [1.807, 2.05) is 0 Å². The molecule has 0 N–H and O–H groups in total. The molecule has 10 aromatic rings. The molecule has 0 saturated carbocycles. The highest BCUT2D eigenvalue weighted by atomic mass is 16.3. The topological polar surface area (TPSA) is 16.4 Å². The van der Waals surface area contributed by atoms with Crippen LogP contribution in [-0.4, -0.2) is 0 Å². The normalized spacial score (nSPS) is 12.9. The number of nitrogens with zero attached hydrogens (tertiary/aromatic N) is 1. The Kier molecular flexibility index (Phi) is 7.55. The van der Waals surface area contributed by atoms with Gasteiger partial charge in [-0.1, -0.05) is 166 Å². The van der Waals surface area contributed by atoms with Gasteiger partial charge in [-0.15, -0.1) is 0 Å². The van der Waals surface area contributed by atoms with Crippen LogP contribution in [0.25, 0.3) is 77.2 Å². The average molecular weight is 730 g/mol. The zero-order valence-electron chi connectivity index (χ0n) is 31.9. The third-order valence-corrected chi connectivity index (χ3v) is 12.1. The van der Waals surface area contributed by atoms with Gasteiger partial charge in [0.1, 0.15) is 11.2 Å². The molecule has 1 heterocycles. The second kappa shape index (κ2) is 13.0. The van der Waals surface area contributed by atoms with E-state index in [9.17, 15) is 0 Å². The van der Waals surface area contributed by atoms with E-state index in [-0.39, 0.29) is 5.41 Å². The van der Waals surface area contributed by atoms with Crippen LogP contribution in [0.1, 0.15) is 25.0 Å². The third-order valence-electron chi connectivity index (χ3n) is 12.1. The van der Waals surface area contributed by atoms with Crippen LogP contribution in [0.5, 0.6) is 0 Å². The molecule has 11 rings (SSSR count). The summed E-state index contributed by atoms with van der Waals surface area (Å²) in [6.07, 6.45) is 0. The molecule has 0 fully saturated rings. The van der Waals surface area contributed by atoms with E-state index < -0.39 is 0 Å². The Hall–Kier alpha value is -7.16. The van der Waals surface area contributed by atoms with Crippen LogP contribution in [0, 0.1) is 0 Å². The van der Waals surface area contributed by atoms with Crippen molar-refractivity contribution in [3.05, 3.63) is 211 Å². The second-order valence-electron chi connectivity index (χ2n) is 15.7. The maximum absolute atomic E-state index is 6.59. The third kappa shape index (κ3) is 5.33. The first-order chi connectivity index (χ1) is 28.0. The molecule has 0 atom stereocenters. The lowest BCUT2D eigenvalue weighted by atomic mass is 9.82. The maximum atomic E-state index is 6.59. The van der Waals surface area contributed by atoms with Crippen molar-refractivity contribution in [1.29, 1.82) is 0 Å². The summed E-state index contributed by atoms with van der Waals surface area (Å²) in [5, 5.41) is 4.63. The van der Waals surface area contributed by atoms with E-state index in [1.54, 1.807) is 0 Å². The molecule has 9 aromatic carbocycles. The van der Waals surface area contributed by atoms with E-state index in [0.29, 0.717) is 0 Å². The van der Waals surface area contributed by atoms with Gasteiger partial charge < -0.3 is 9.32 Å². The molecular weight excluding hydrogens is 691 g/mol. The average Bonchev–Trinajstić information content (AvgIpc) is 3.75. The number of para-hydroxylation sites is 1. The van der Waals surface area contributed by atoms with Gasteiger partial charge in [-0.3, -0.25) is 0 Å². The number of fused-ring (bicyclic) bond motifs is 7. The van der Waals surface area contributed by atoms with Gasteiger partial charge in [0.15, 0.2) is 0 Å². The summed E-state index contributed by atoms with van der Waals surface area (Å²) in [4.78, 5) is 2.48. The van der Waals surface area contributed by atoms with Crippen LogP contribution in [0.4, 0.5) is 17.1 Å². The van der Waals surface area contributed by atoms with Crippen LogP contribution in [0.3, 0.4) is 0 Å². The number of hydrogen-bond donors (Lipinski definition) is 0. The molecule has 0 aliphatic heterocycles. The van der Waals surface area contributed by atoms with Gasteiger partial charge in [0.05, 0.1) is 11.4 Å². The van der Waals surface area contributed by atoms with Crippen molar-refractivity contribution in [3.8, 4) is 44.5 Å². The zero-order chi connectivity index (χ0) is 38.1. The van der Waals surface area contributed by atoms with Gasteiger partial charge in [0.25, 0.3) is 0 Å². The van der Waals surface area contributed by atoms with Crippen LogP contribution < -0.4 is 4.90 Å². The summed E-state index contributed by atoms with van der Waals surface area (Å²) in [6.45, 7) is 4.71. The number of furan rings is 1. The quantitative estimate of drug-likeness (QED) is 0.169. The Morgan fingerprint density at radius 3 is 1.79 bits per heavy atom. The van der Waals surface area contributed by atoms with E-state index >= 15 is 0 Å². The molecule has 270 valence electrons. The zero-order valence-corrected chi connectivity index (χ0v) is 31.9. The van der Waals surface area contributed by atoms with Crippen molar-refractivity contribution in [2.45, 2.75) is 19.3 Å². The SMILES string of the molecule is CC1(C)c2ccccc2-c2c(N(c3ccc(-c4cccc(-c5ccccc5)c4)cc3)c3ccccc3-c3cccc4oc5cc6ccccc6cc5c34)cccc21. The number of anilines is 3. The van der Waals surface area contributed by atoms with Gasteiger partial charge in [-0.2, -0.15) is 0 Å². The summed E-state index contributed by atoms with van der Waals surface area (Å²) in [6, 6.07) is 72.6. The van der Waals surface area contributed by atoms with Crippen molar-refractivity contribution in [1.82, 2.24) is 0 Å². The molecule has 1 aliphatic rings. The monoisotopic (exact) mass is 729 g/mol. The lowest BCUT2D eigenvalue weighted by molar-refractivity contribution is 0.660. The van der Waals surface area contributed by atoms with Gasteiger partial charge in [-0.05, 0) is 104 Å². The molecule has 0 spiro atoms. The van der Waals surface area contributed by atoms with Crippen molar-refractivity contribution in [2.75, 3.05) is 4.90 Å². The summed E-state index contributed by atoms with van der Waals surface area (Å²) in [5.41, 5.74) is 17.4. The highest BCUT2D eigenvalue weighted by molar-refractivity contribution is 6.17. The summed E-state index contributed by atoms with van der Waals surface area (Å²) < 4.78 is 6.59.